The molecule has 0 aromatic carbocycles. The van der Waals surface area contributed by atoms with E-state index in [9.17, 15) is 0 Å². The monoisotopic (exact) mass is 251 g/mol. The molecule has 5 heteroatoms. The Kier molecular flexibility index (Phi) is 2.90. The molecule has 2 saturated carbocycles. The van der Waals surface area contributed by atoms with Gasteiger partial charge >= 0.3 is 0 Å². The third-order valence-corrected chi connectivity index (χ3v) is 4.53. The van der Waals surface area contributed by atoms with E-state index in [0.717, 1.165) is 25.7 Å². The number of nitrogens with two attached hydrogens (primary N) is 1. The molecule has 18 heavy (non-hydrogen) atoms. The molecule has 0 spiro atoms. The number of nitrogens with zero attached hydrogens (tertiary/aromatic N) is 2. The third kappa shape index (κ3) is 1.95. The molecule has 1 heterocycles. The van der Waals surface area contributed by atoms with Gasteiger partial charge in [0.05, 0.1) is 0 Å². The van der Waals surface area contributed by atoms with Gasteiger partial charge in [-0.15, -0.1) is 0 Å². The van der Waals surface area contributed by atoms with E-state index in [-0.39, 0.29) is 11.1 Å². The van der Waals surface area contributed by atoms with Gasteiger partial charge in [-0.05, 0) is 32.1 Å². The van der Waals surface area contributed by atoms with E-state index >= 15 is 0 Å². The molecule has 0 radical (unpaired) electrons. The van der Waals surface area contributed by atoms with Gasteiger partial charge in [0.15, 0.2) is 0 Å². The van der Waals surface area contributed by atoms with Gasteiger partial charge in [-0.2, -0.15) is 4.98 Å². The van der Waals surface area contributed by atoms with Crippen LogP contribution in [-0.4, -0.2) is 22.8 Å². The van der Waals surface area contributed by atoms with Crippen LogP contribution in [0.25, 0.3) is 0 Å². The Morgan fingerprint density at radius 3 is 2.50 bits per heavy atom. The highest BCUT2D eigenvalue weighted by molar-refractivity contribution is 5.08. The largest absolute Gasteiger partial charge is 0.370 e. The molecule has 0 atom stereocenters. The van der Waals surface area contributed by atoms with Crippen LogP contribution in [0.3, 0.4) is 0 Å². The number of hydrogen-bond donors (Lipinski definition) is 1. The lowest BCUT2D eigenvalue weighted by atomic mass is 9.79. The van der Waals surface area contributed by atoms with Crippen molar-refractivity contribution in [1.82, 2.24) is 10.1 Å². The first-order valence-corrected chi connectivity index (χ1v) is 6.83. The molecule has 1 aromatic heterocycles. The maximum atomic E-state index is 6.33. The number of aromatic nitrogens is 2. The Morgan fingerprint density at radius 1 is 1.22 bits per heavy atom. The van der Waals surface area contributed by atoms with Gasteiger partial charge in [0, 0.05) is 19.1 Å². The van der Waals surface area contributed by atoms with Crippen molar-refractivity contribution in [3.63, 3.8) is 0 Å². The Bertz CT molecular complexity index is 414. The molecular formula is C13H21N3O2. The van der Waals surface area contributed by atoms with Crippen molar-refractivity contribution in [1.29, 1.82) is 0 Å². The van der Waals surface area contributed by atoms with E-state index in [1.165, 1.54) is 19.3 Å². The van der Waals surface area contributed by atoms with Gasteiger partial charge in [-0.25, -0.2) is 0 Å². The van der Waals surface area contributed by atoms with Crippen LogP contribution in [-0.2, 0) is 16.8 Å². The Labute approximate surface area is 107 Å². The molecule has 5 nitrogen and oxygen atoms in total. The van der Waals surface area contributed by atoms with Crippen LogP contribution >= 0.6 is 0 Å². The van der Waals surface area contributed by atoms with E-state index in [4.69, 9.17) is 15.0 Å². The fraction of sp³-hybridized carbons (Fsp3) is 0.846. The average molecular weight is 251 g/mol. The molecule has 100 valence electrons. The Hall–Kier alpha value is -0.940. The topological polar surface area (TPSA) is 74.2 Å². The SMILES string of the molecule is COC1(c2noc(CC3(N)CCCC3)n2)CCC1. The van der Waals surface area contributed by atoms with Crippen LogP contribution in [0.2, 0.25) is 0 Å². The average Bonchev–Trinajstić information content (AvgIpc) is 2.89. The first-order valence-electron chi connectivity index (χ1n) is 6.83. The second-order valence-electron chi connectivity index (χ2n) is 5.81. The lowest BCUT2D eigenvalue weighted by Crippen LogP contribution is -2.39. The summed E-state index contributed by atoms with van der Waals surface area (Å²) in [7, 11) is 1.72. The smallest absolute Gasteiger partial charge is 0.228 e. The minimum absolute atomic E-state index is 0.135. The van der Waals surface area contributed by atoms with Gasteiger partial charge in [0.1, 0.15) is 5.60 Å². The van der Waals surface area contributed by atoms with Crippen molar-refractivity contribution >= 4 is 0 Å². The van der Waals surface area contributed by atoms with Crippen molar-refractivity contribution in [3.05, 3.63) is 11.7 Å². The van der Waals surface area contributed by atoms with Crippen LogP contribution in [0.4, 0.5) is 0 Å². The minimum atomic E-state index is -0.292. The van der Waals surface area contributed by atoms with E-state index in [1.54, 1.807) is 7.11 Å². The zero-order chi connectivity index (χ0) is 12.6. The standard InChI is InChI=1S/C13H21N3O2/c1-17-13(7-4-8-13)11-15-10(18-16-11)9-12(14)5-2-3-6-12/h2-9,14H2,1H3. The molecule has 2 fully saturated rings. The number of ether oxygens (including phenoxy) is 1. The highest BCUT2D eigenvalue weighted by Crippen LogP contribution is 2.43. The molecule has 2 aliphatic rings. The van der Waals surface area contributed by atoms with Crippen LogP contribution in [0, 0.1) is 0 Å². The Balaban J connectivity index is 1.73. The van der Waals surface area contributed by atoms with Gasteiger partial charge in [-0.1, -0.05) is 18.0 Å². The van der Waals surface area contributed by atoms with Gasteiger partial charge < -0.3 is 15.0 Å². The Morgan fingerprint density at radius 2 is 1.94 bits per heavy atom. The summed E-state index contributed by atoms with van der Waals surface area (Å²) < 4.78 is 10.9. The molecule has 2 N–H and O–H groups in total. The second kappa shape index (κ2) is 4.31. The summed E-state index contributed by atoms with van der Waals surface area (Å²) in [5, 5.41) is 4.09. The normalized spacial score (nSPS) is 25.0. The summed E-state index contributed by atoms with van der Waals surface area (Å²) in [6, 6.07) is 0. The van der Waals surface area contributed by atoms with Crippen molar-refractivity contribution in [2.45, 2.75) is 62.5 Å². The first kappa shape index (κ1) is 12.1. The zero-order valence-electron chi connectivity index (χ0n) is 10.9. The number of rotatable bonds is 4. The lowest BCUT2D eigenvalue weighted by Gasteiger charge is -2.37. The summed E-state index contributed by atoms with van der Waals surface area (Å²) in [6.45, 7) is 0. The third-order valence-electron chi connectivity index (χ3n) is 4.53. The maximum Gasteiger partial charge on any atom is 0.228 e. The molecular weight excluding hydrogens is 230 g/mol. The number of hydrogen-bond acceptors (Lipinski definition) is 5. The zero-order valence-corrected chi connectivity index (χ0v) is 10.9. The van der Waals surface area contributed by atoms with Gasteiger partial charge in [-0.3, -0.25) is 0 Å². The van der Waals surface area contributed by atoms with Gasteiger partial charge in [0.2, 0.25) is 11.7 Å². The van der Waals surface area contributed by atoms with Crippen molar-refractivity contribution in [2.24, 2.45) is 5.73 Å². The molecule has 0 unspecified atom stereocenters. The van der Waals surface area contributed by atoms with Crippen molar-refractivity contribution < 1.29 is 9.26 Å². The quantitative estimate of drug-likeness (QED) is 0.884. The maximum absolute atomic E-state index is 6.33. The molecule has 0 aliphatic heterocycles. The van der Waals surface area contributed by atoms with Crippen LogP contribution < -0.4 is 5.73 Å². The summed E-state index contributed by atoms with van der Waals surface area (Å²) in [5.74, 6) is 1.37. The van der Waals surface area contributed by atoms with Crippen LogP contribution in [0.1, 0.15) is 56.7 Å². The predicted octanol–water partition coefficient (Wildman–Crippen LogP) is 1.91. The second-order valence-corrected chi connectivity index (χ2v) is 5.81. The van der Waals surface area contributed by atoms with Crippen molar-refractivity contribution in [3.8, 4) is 0 Å². The lowest BCUT2D eigenvalue weighted by molar-refractivity contribution is -0.0858. The van der Waals surface area contributed by atoms with E-state index in [0.29, 0.717) is 18.1 Å². The fourth-order valence-electron chi connectivity index (χ4n) is 3.09. The van der Waals surface area contributed by atoms with Crippen LogP contribution in [0.5, 0.6) is 0 Å². The highest BCUT2D eigenvalue weighted by Gasteiger charge is 2.43. The van der Waals surface area contributed by atoms with Crippen molar-refractivity contribution in [2.75, 3.05) is 7.11 Å². The summed E-state index contributed by atoms with van der Waals surface area (Å²) >= 11 is 0. The van der Waals surface area contributed by atoms with Gasteiger partial charge in [0.25, 0.3) is 0 Å². The molecule has 1 aromatic rings. The molecule has 0 bridgehead atoms. The van der Waals surface area contributed by atoms with E-state index in [1.807, 2.05) is 0 Å². The molecule has 3 rings (SSSR count). The minimum Gasteiger partial charge on any atom is -0.370 e. The molecule has 2 aliphatic carbocycles. The van der Waals surface area contributed by atoms with E-state index in [2.05, 4.69) is 10.1 Å². The fourth-order valence-corrected chi connectivity index (χ4v) is 3.09. The molecule has 0 saturated heterocycles. The number of methoxy groups -OCH3 is 1. The summed E-state index contributed by atoms with van der Waals surface area (Å²) in [5.41, 5.74) is 5.90. The van der Waals surface area contributed by atoms with Crippen LogP contribution in [0.15, 0.2) is 4.52 Å². The highest BCUT2D eigenvalue weighted by atomic mass is 16.5. The molecule has 0 amide bonds. The van der Waals surface area contributed by atoms with E-state index < -0.39 is 0 Å². The summed E-state index contributed by atoms with van der Waals surface area (Å²) in [6.07, 6.45) is 8.35. The summed E-state index contributed by atoms with van der Waals surface area (Å²) in [4.78, 5) is 4.50. The predicted molar refractivity (Wildman–Crippen MR) is 65.9 cm³/mol. The first-order chi connectivity index (χ1) is 8.66.